The Morgan fingerprint density at radius 3 is 2.92 bits per heavy atom. The number of Topliss-reactive ketones (excluding diaryl/α,β-unsaturated/α-hetero) is 1. The molecule has 0 heterocycles. The van der Waals surface area contributed by atoms with E-state index in [0.717, 1.165) is 24.7 Å². The molecule has 0 spiro atoms. The van der Waals surface area contributed by atoms with Gasteiger partial charge < -0.3 is 0 Å². The van der Waals surface area contributed by atoms with Gasteiger partial charge in [-0.05, 0) is 36.5 Å². The Labute approximate surface area is 80.9 Å². The normalized spacial score (nSPS) is 45.8. The van der Waals surface area contributed by atoms with Crippen LogP contribution in [0.4, 0.5) is 0 Å². The maximum absolute atomic E-state index is 11.4. The van der Waals surface area contributed by atoms with E-state index in [2.05, 4.69) is 13.8 Å². The van der Waals surface area contributed by atoms with E-state index in [-0.39, 0.29) is 0 Å². The summed E-state index contributed by atoms with van der Waals surface area (Å²) in [4.78, 5) is 11.4. The average molecular weight is 180 g/mol. The Bertz CT molecular complexity index is 221. The predicted octanol–water partition coefficient (Wildman–Crippen LogP) is 3.18. The molecule has 0 saturated heterocycles. The second kappa shape index (κ2) is 3.11. The van der Waals surface area contributed by atoms with Gasteiger partial charge in [-0.2, -0.15) is 0 Å². The molecule has 0 aromatic carbocycles. The number of hydrogen-bond acceptors (Lipinski definition) is 1. The summed E-state index contributed by atoms with van der Waals surface area (Å²) >= 11 is 0. The summed E-state index contributed by atoms with van der Waals surface area (Å²) in [6, 6.07) is 0. The maximum atomic E-state index is 11.4. The molecule has 13 heavy (non-hydrogen) atoms. The smallest absolute Gasteiger partial charge is 0.133 e. The van der Waals surface area contributed by atoms with E-state index in [1.165, 1.54) is 25.7 Å². The molecule has 1 heteroatoms. The Hall–Kier alpha value is -0.330. The number of ketones is 1. The van der Waals surface area contributed by atoms with Crippen molar-refractivity contribution in [3.8, 4) is 0 Å². The van der Waals surface area contributed by atoms with E-state index in [1.54, 1.807) is 0 Å². The largest absolute Gasteiger partial charge is 0.300 e. The van der Waals surface area contributed by atoms with Crippen LogP contribution in [0.15, 0.2) is 0 Å². The molecule has 0 amide bonds. The molecule has 2 aliphatic carbocycles. The minimum atomic E-state index is 0.377. The summed E-state index contributed by atoms with van der Waals surface area (Å²) < 4.78 is 0. The molecule has 2 aliphatic rings. The summed E-state index contributed by atoms with van der Waals surface area (Å²) in [7, 11) is 0. The van der Waals surface area contributed by atoms with Crippen LogP contribution in [0.5, 0.6) is 0 Å². The van der Waals surface area contributed by atoms with Crippen LogP contribution in [0.1, 0.15) is 52.4 Å². The number of rotatable bonds is 0. The minimum Gasteiger partial charge on any atom is -0.300 e. The maximum Gasteiger partial charge on any atom is 0.133 e. The first-order valence-electron chi connectivity index (χ1n) is 5.62. The Morgan fingerprint density at radius 1 is 1.38 bits per heavy atom. The minimum absolute atomic E-state index is 0.377. The highest BCUT2D eigenvalue weighted by Gasteiger charge is 2.42. The van der Waals surface area contributed by atoms with Gasteiger partial charge in [0.15, 0.2) is 0 Å². The molecule has 74 valence electrons. The fourth-order valence-corrected chi connectivity index (χ4v) is 3.24. The molecule has 2 rings (SSSR count). The second-order valence-corrected chi connectivity index (χ2v) is 5.48. The zero-order valence-electron chi connectivity index (χ0n) is 8.81. The average Bonchev–Trinajstić information content (AvgIpc) is 2.06. The third kappa shape index (κ3) is 1.66. The lowest BCUT2D eigenvalue weighted by Gasteiger charge is -2.46. The van der Waals surface area contributed by atoms with E-state index < -0.39 is 0 Å². The van der Waals surface area contributed by atoms with Crippen molar-refractivity contribution in [3.05, 3.63) is 0 Å². The zero-order valence-corrected chi connectivity index (χ0v) is 8.81. The number of carbonyl (C=O) groups excluding carboxylic acids is 1. The van der Waals surface area contributed by atoms with Gasteiger partial charge in [0.1, 0.15) is 5.78 Å². The molecule has 0 aromatic heterocycles. The van der Waals surface area contributed by atoms with Gasteiger partial charge in [-0.15, -0.1) is 0 Å². The number of fused-ring (bicyclic) bond motifs is 1. The fourth-order valence-electron chi connectivity index (χ4n) is 3.24. The monoisotopic (exact) mass is 180 g/mol. The van der Waals surface area contributed by atoms with Crippen molar-refractivity contribution in [2.45, 2.75) is 52.4 Å². The van der Waals surface area contributed by atoms with E-state index in [1.807, 2.05) is 0 Å². The van der Waals surface area contributed by atoms with Crippen molar-refractivity contribution in [1.82, 2.24) is 0 Å². The summed E-state index contributed by atoms with van der Waals surface area (Å²) in [6.07, 6.45) is 6.87. The third-order valence-corrected chi connectivity index (χ3v) is 4.25. The highest BCUT2D eigenvalue weighted by molar-refractivity contribution is 5.80. The molecule has 2 fully saturated rings. The lowest BCUT2D eigenvalue weighted by atomic mass is 9.58. The number of hydrogen-bond donors (Lipinski definition) is 0. The van der Waals surface area contributed by atoms with Gasteiger partial charge in [0.25, 0.3) is 0 Å². The molecule has 3 atom stereocenters. The van der Waals surface area contributed by atoms with Gasteiger partial charge in [0, 0.05) is 12.8 Å². The lowest BCUT2D eigenvalue weighted by molar-refractivity contribution is -0.127. The van der Waals surface area contributed by atoms with Crippen LogP contribution >= 0.6 is 0 Å². The van der Waals surface area contributed by atoms with Gasteiger partial charge in [-0.1, -0.05) is 20.3 Å². The van der Waals surface area contributed by atoms with Gasteiger partial charge in [0.05, 0.1) is 0 Å². The van der Waals surface area contributed by atoms with Crippen molar-refractivity contribution in [1.29, 1.82) is 0 Å². The summed E-state index contributed by atoms with van der Waals surface area (Å²) in [5.41, 5.74) is 0.377. The summed E-state index contributed by atoms with van der Waals surface area (Å²) in [5, 5.41) is 0. The quantitative estimate of drug-likeness (QED) is 0.559. The zero-order chi connectivity index (χ0) is 9.47. The molecule has 2 unspecified atom stereocenters. The van der Waals surface area contributed by atoms with E-state index in [4.69, 9.17) is 0 Å². The molecule has 0 aliphatic heterocycles. The molecule has 0 bridgehead atoms. The van der Waals surface area contributed by atoms with Crippen molar-refractivity contribution in [3.63, 3.8) is 0 Å². The fraction of sp³-hybridized carbons (Fsp3) is 0.917. The Morgan fingerprint density at radius 2 is 2.15 bits per heavy atom. The van der Waals surface area contributed by atoms with E-state index in [9.17, 15) is 4.79 Å². The highest BCUT2D eigenvalue weighted by atomic mass is 16.1. The number of carbonyl (C=O) groups is 1. The van der Waals surface area contributed by atoms with Crippen molar-refractivity contribution < 1.29 is 4.79 Å². The summed E-state index contributed by atoms with van der Waals surface area (Å²) in [6.45, 7) is 4.69. The third-order valence-electron chi connectivity index (χ3n) is 4.25. The summed E-state index contributed by atoms with van der Waals surface area (Å²) in [5.74, 6) is 2.24. The van der Waals surface area contributed by atoms with Gasteiger partial charge in [-0.3, -0.25) is 4.79 Å². The first-order chi connectivity index (χ1) is 6.10. The molecular weight excluding hydrogens is 160 g/mol. The standard InChI is InChI=1S/C12H20O/c1-9-5-6-12(2)8-11(13)4-3-10(12)7-9/h9-10H,3-8H2,1-2H3/t9?,10?,12-/m1/s1. The molecule has 1 nitrogen and oxygen atoms in total. The van der Waals surface area contributed by atoms with Gasteiger partial charge in [-0.25, -0.2) is 0 Å². The van der Waals surface area contributed by atoms with Crippen molar-refractivity contribution >= 4 is 5.78 Å². The first kappa shape index (κ1) is 9.23. The van der Waals surface area contributed by atoms with Crippen LogP contribution in [0, 0.1) is 17.3 Å². The first-order valence-corrected chi connectivity index (χ1v) is 5.62. The molecule has 0 N–H and O–H groups in total. The topological polar surface area (TPSA) is 17.1 Å². The van der Waals surface area contributed by atoms with Crippen molar-refractivity contribution in [2.75, 3.05) is 0 Å². The van der Waals surface area contributed by atoms with Gasteiger partial charge >= 0.3 is 0 Å². The highest BCUT2D eigenvalue weighted by Crippen LogP contribution is 2.50. The SMILES string of the molecule is CC1CC[C@]2(C)CC(=O)CCC2C1. The van der Waals surface area contributed by atoms with Gasteiger partial charge in [0.2, 0.25) is 0 Å². The van der Waals surface area contributed by atoms with Crippen LogP contribution in [0.25, 0.3) is 0 Å². The van der Waals surface area contributed by atoms with Crippen LogP contribution in [-0.4, -0.2) is 5.78 Å². The molecule has 0 radical (unpaired) electrons. The van der Waals surface area contributed by atoms with Crippen molar-refractivity contribution in [2.24, 2.45) is 17.3 Å². The molecule has 2 saturated carbocycles. The molecular formula is C12H20O. The van der Waals surface area contributed by atoms with E-state index >= 15 is 0 Å². The van der Waals surface area contributed by atoms with Crippen LogP contribution in [0.3, 0.4) is 0 Å². The van der Waals surface area contributed by atoms with Crippen LogP contribution < -0.4 is 0 Å². The van der Waals surface area contributed by atoms with E-state index in [0.29, 0.717) is 11.2 Å². The second-order valence-electron chi connectivity index (χ2n) is 5.48. The Balaban J connectivity index is 2.11. The predicted molar refractivity (Wildman–Crippen MR) is 53.5 cm³/mol. The van der Waals surface area contributed by atoms with Crippen LogP contribution in [0.2, 0.25) is 0 Å². The van der Waals surface area contributed by atoms with Crippen LogP contribution in [-0.2, 0) is 4.79 Å². The Kier molecular flexibility index (Phi) is 2.21. The molecule has 0 aromatic rings. The lowest BCUT2D eigenvalue weighted by Crippen LogP contribution is -2.39.